The Kier molecular flexibility index (Phi) is 61.8. The van der Waals surface area contributed by atoms with E-state index in [1.807, 2.05) is 0 Å². The number of esters is 4. The molecule has 0 saturated carbocycles. The van der Waals surface area contributed by atoms with Crippen molar-refractivity contribution in [2.45, 2.75) is 381 Å². The highest BCUT2D eigenvalue weighted by atomic mass is 31.2. The lowest BCUT2D eigenvalue weighted by atomic mass is 9.99. The number of unbranched alkanes of at least 4 members (excludes halogenated alkanes) is 39. The number of ether oxygens (including phenoxy) is 4. The van der Waals surface area contributed by atoms with Crippen LogP contribution in [0.25, 0.3) is 0 Å². The Labute approximate surface area is 549 Å². The maximum Gasteiger partial charge on any atom is 0.472 e. The quantitative estimate of drug-likeness (QED) is 0.0222. The van der Waals surface area contributed by atoms with E-state index >= 15 is 0 Å². The zero-order chi connectivity index (χ0) is 66.5. The van der Waals surface area contributed by atoms with Gasteiger partial charge in [0, 0.05) is 25.7 Å². The molecule has 0 aliphatic rings. The van der Waals surface area contributed by atoms with Crippen molar-refractivity contribution in [3.8, 4) is 0 Å². The van der Waals surface area contributed by atoms with Crippen LogP contribution in [0.15, 0.2) is 0 Å². The Bertz CT molecular complexity index is 1750. The van der Waals surface area contributed by atoms with Gasteiger partial charge in [0.05, 0.1) is 26.4 Å². The Hall–Kier alpha value is -1.94. The Balaban J connectivity index is 5.23. The molecule has 0 bridgehead atoms. The molecule has 0 amide bonds. The van der Waals surface area contributed by atoms with E-state index in [2.05, 4.69) is 41.5 Å². The molecule has 0 aromatic rings. The highest BCUT2D eigenvalue weighted by Crippen LogP contribution is 2.45. The molecule has 0 aliphatic heterocycles. The summed E-state index contributed by atoms with van der Waals surface area (Å²) in [7, 11) is -9.90. The van der Waals surface area contributed by atoms with Gasteiger partial charge < -0.3 is 33.8 Å². The normalized spacial score (nSPS) is 14.4. The van der Waals surface area contributed by atoms with Crippen molar-refractivity contribution in [2.24, 2.45) is 11.8 Å². The van der Waals surface area contributed by atoms with Crippen LogP contribution in [0.2, 0.25) is 0 Å². The van der Waals surface area contributed by atoms with Crippen molar-refractivity contribution < 1.29 is 80.2 Å². The number of aliphatic hydroxyl groups excluding tert-OH is 1. The summed E-state index contributed by atoms with van der Waals surface area (Å²) in [6.07, 6.45) is 48.4. The van der Waals surface area contributed by atoms with Gasteiger partial charge in [-0.05, 0) is 37.5 Å². The predicted octanol–water partition coefficient (Wildman–Crippen LogP) is 20.4. The van der Waals surface area contributed by atoms with E-state index in [0.717, 1.165) is 102 Å². The fourth-order valence-electron chi connectivity index (χ4n) is 10.7. The zero-order valence-electron chi connectivity index (χ0n) is 58.4. The lowest BCUT2D eigenvalue weighted by Crippen LogP contribution is -2.30. The summed E-state index contributed by atoms with van der Waals surface area (Å²) >= 11 is 0. The van der Waals surface area contributed by atoms with E-state index in [-0.39, 0.29) is 25.7 Å². The minimum absolute atomic E-state index is 0.107. The Morgan fingerprint density at radius 1 is 0.322 bits per heavy atom. The summed E-state index contributed by atoms with van der Waals surface area (Å²) in [6, 6.07) is 0. The Morgan fingerprint density at radius 2 is 0.567 bits per heavy atom. The Morgan fingerprint density at radius 3 is 0.844 bits per heavy atom. The molecule has 90 heavy (non-hydrogen) atoms. The van der Waals surface area contributed by atoms with E-state index in [4.69, 9.17) is 37.0 Å². The molecule has 0 aliphatic carbocycles. The third kappa shape index (κ3) is 63.5. The molecule has 0 rings (SSSR count). The van der Waals surface area contributed by atoms with Crippen LogP contribution in [0.5, 0.6) is 0 Å². The van der Waals surface area contributed by atoms with Crippen LogP contribution in [0.4, 0.5) is 0 Å². The summed E-state index contributed by atoms with van der Waals surface area (Å²) in [4.78, 5) is 72.5. The van der Waals surface area contributed by atoms with Gasteiger partial charge in [0.25, 0.3) is 0 Å². The molecular formula is C71H138O17P2. The van der Waals surface area contributed by atoms with Crippen LogP contribution in [0.3, 0.4) is 0 Å². The van der Waals surface area contributed by atoms with Crippen molar-refractivity contribution in [1.82, 2.24) is 0 Å². The van der Waals surface area contributed by atoms with E-state index in [0.29, 0.717) is 25.7 Å². The minimum atomic E-state index is -4.95. The topological polar surface area (TPSA) is 237 Å². The van der Waals surface area contributed by atoms with Crippen LogP contribution in [0, 0.1) is 11.8 Å². The summed E-state index contributed by atoms with van der Waals surface area (Å²) in [6.45, 7) is 9.57. The summed E-state index contributed by atoms with van der Waals surface area (Å²) in [5.41, 5.74) is 0. The van der Waals surface area contributed by atoms with Crippen LogP contribution < -0.4 is 0 Å². The van der Waals surface area contributed by atoms with Crippen LogP contribution in [-0.4, -0.2) is 96.7 Å². The molecule has 0 heterocycles. The predicted molar refractivity (Wildman–Crippen MR) is 363 cm³/mol. The zero-order valence-corrected chi connectivity index (χ0v) is 60.2. The highest BCUT2D eigenvalue weighted by molar-refractivity contribution is 7.47. The van der Waals surface area contributed by atoms with Gasteiger partial charge in [-0.3, -0.25) is 37.3 Å². The number of hydrogen-bond donors (Lipinski definition) is 3. The highest BCUT2D eigenvalue weighted by Gasteiger charge is 2.30. The molecular weight excluding hydrogens is 1190 g/mol. The summed E-state index contributed by atoms with van der Waals surface area (Å²) in [5, 5.41) is 10.6. The molecule has 3 unspecified atom stereocenters. The molecule has 6 atom stereocenters. The largest absolute Gasteiger partial charge is 0.472 e. The van der Waals surface area contributed by atoms with E-state index in [1.54, 1.807) is 0 Å². The maximum atomic E-state index is 13.0. The number of phosphoric ester groups is 2. The third-order valence-corrected chi connectivity index (χ3v) is 18.7. The fourth-order valence-corrected chi connectivity index (χ4v) is 12.3. The molecule has 17 nitrogen and oxygen atoms in total. The van der Waals surface area contributed by atoms with Gasteiger partial charge in [0.2, 0.25) is 0 Å². The lowest BCUT2D eigenvalue weighted by Gasteiger charge is -2.21. The van der Waals surface area contributed by atoms with Crippen molar-refractivity contribution >= 4 is 39.5 Å². The molecule has 0 fully saturated rings. The van der Waals surface area contributed by atoms with Crippen molar-refractivity contribution in [3.63, 3.8) is 0 Å². The minimum Gasteiger partial charge on any atom is -0.462 e. The van der Waals surface area contributed by atoms with Gasteiger partial charge in [0.1, 0.15) is 19.3 Å². The SMILES string of the molecule is CCCCCCCCCCCCCCC(=O)O[C@H](COC(=O)CCCCCCCCCCC)COP(=O)(O)OC[C@H](O)COP(=O)(O)OC[C@@H](COC(=O)CCCCCCCCCCC(C)CC)OC(=O)CCCCCCCCCCCCCCCCC(C)C. The average Bonchev–Trinajstić information content (AvgIpc) is 3.25. The summed E-state index contributed by atoms with van der Waals surface area (Å²) < 4.78 is 68.3. The number of hydrogen-bond acceptors (Lipinski definition) is 15. The molecule has 19 heteroatoms. The van der Waals surface area contributed by atoms with Crippen molar-refractivity contribution in [1.29, 1.82) is 0 Å². The second kappa shape index (κ2) is 63.1. The van der Waals surface area contributed by atoms with Gasteiger partial charge in [-0.2, -0.15) is 0 Å². The van der Waals surface area contributed by atoms with Gasteiger partial charge in [-0.25, -0.2) is 9.13 Å². The first-order chi connectivity index (χ1) is 43.4. The average molecular weight is 1330 g/mol. The first-order valence-corrected chi connectivity index (χ1v) is 40.0. The van der Waals surface area contributed by atoms with E-state index in [1.165, 1.54) is 180 Å². The number of rotatable bonds is 70. The molecule has 534 valence electrons. The van der Waals surface area contributed by atoms with Gasteiger partial charge in [-0.1, -0.05) is 311 Å². The standard InChI is InChI=1S/C71H138O17P2/c1-7-10-12-14-16-18-19-25-29-37-43-49-55-70(75)87-66(59-81-68(73)53-47-41-35-27-17-15-13-11-8-2)61-85-89(77,78)83-57-65(72)58-84-90(79,80)86-62-67(60-82-69(74)54-48-42-36-32-31-34-40-46-52-64(6)9-3)88-71(76)56-50-44-38-30-26-23-21-20-22-24-28-33-39-45-51-63(4)5/h63-67,72H,7-62H2,1-6H3,(H,77,78)(H,79,80)/t64?,65-,66+,67+/m0/s1. The molecule has 3 N–H and O–H groups in total. The van der Waals surface area contributed by atoms with Crippen molar-refractivity contribution in [2.75, 3.05) is 39.6 Å². The van der Waals surface area contributed by atoms with E-state index in [9.17, 15) is 43.2 Å². The molecule has 0 saturated heterocycles. The number of phosphoric acid groups is 2. The molecule has 0 aromatic carbocycles. The smallest absolute Gasteiger partial charge is 0.462 e. The van der Waals surface area contributed by atoms with E-state index < -0.39 is 97.5 Å². The van der Waals surface area contributed by atoms with Gasteiger partial charge in [0.15, 0.2) is 12.2 Å². The first-order valence-electron chi connectivity index (χ1n) is 37.0. The maximum absolute atomic E-state index is 13.0. The van der Waals surface area contributed by atoms with Crippen LogP contribution >= 0.6 is 15.6 Å². The first kappa shape index (κ1) is 88.1. The third-order valence-electron chi connectivity index (χ3n) is 16.8. The second-order valence-electron chi connectivity index (χ2n) is 26.3. The van der Waals surface area contributed by atoms with Crippen LogP contribution in [-0.2, 0) is 65.4 Å². The number of aliphatic hydroxyl groups is 1. The van der Waals surface area contributed by atoms with Gasteiger partial charge in [-0.15, -0.1) is 0 Å². The van der Waals surface area contributed by atoms with Crippen molar-refractivity contribution in [3.05, 3.63) is 0 Å². The molecule has 0 radical (unpaired) electrons. The fraction of sp³-hybridized carbons (Fsp3) is 0.944. The summed E-state index contributed by atoms with van der Waals surface area (Å²) in [5.74, 6) is -0.550. The number of carbonyl (C=O) groups is 4. The van der Waals surface area contributed by atoms with Gasteiger partial charge >= 0.3 is 39.5 Å². The molecule has 0 spiro atoms. The molecule has 0 aromatic heterocycles. The monoisotopic (exact) mass is 1320 g/mol. The second-order valence-corrected chi connectivity index (χ2v) is 29.3. The number of carbonyl (C=O) groups excluding carboxylic acids is 4. The van der Waals surface area contributed by atoms with Crippen LogP contribution in [0.1, 0.15) is 363 Å². The lowest BCUT2D eigenvalue weighted by molar-refractivity contribution is -0.161.